The third-order valence-electron chi connectivity index (χ3n) is 10.7. The Morgan fingerprint density at radius 3 is 2.52 bits per heavy atom. The zero-order valence-electron chi connectivity index (χ0n) is 21.9. The van der Waals surface area contributed by atoms with Gasteiger partial charge < -0.3 is 4.74 Å². The van der Waals surface area contributed by atoms with Gasteiger partial charge in [0.15, 0.2) is 0 Å². The van der Waals surface area contributed by atoms with Crippen LogP contribution in [0.5, 0.6) is 0 Å². The van der Waals surface area contributed by atoms with E-state index in [1.165, 1.54) is 57.4 Å². The van der Waals surface area contributed by atoms with Crippen molar-refractivity contribution < 1.29 is 19.7 Å². The van der Waals surface area contributed by atoms with E-state index in [1.54, 1.807) is 0 Å². The summed E-state index contributed by atoms with van der Waals surface area (Å²) in [6.07, 6.45) is 13.9. The fourth-order valence-corrected chi connectivity index (χ4v) is 9.05. The Balaban J connectivity index is 1.55. The van der Waals surface area contributed by atoms with Crippen molar-refractivity contribution in [1.29, 1.82) is 0 Å². The minimum atomic E-state index is -0.228. The summed E-state index contributed by atoms with van der Waals surface area (Å²) < 4.78 is 5.58. The normalized spacial score (nSPS) is 43.3. The summed E-state index contributed by atoms with van der Waals surface area (Å²) in [5.41, 5.74) is 1.84. The van der Waals surface area contributed by atoms with Crippen LogP contribution in [0.3, 0.4) is 0 Å². The molecule has 0 aromatic rings. The second-order valence-corrected chi connectivity index (χ2v) is 13.0. The number of carbonyl (C=O) groups excluding carboxylic acids is 1. The van der Waals surface area contributed by atoms with Crippen LogP contribution in [-0.2, 0) is 14.4 Å². The predicted octanol–water partition coefficient (Wildman–Crippen LogP) is 7.43. The number of fused-ring (bicyclic) bond motifs is 5. The molecular formula is C29H48O4. The molecule has 0 unspecified atom stereocenters. The van der Waals surface area contributed by atoms with Gasteiger partial charge in [-0.1, -0.05) is 65.5 Å². The molecule has 1 N–H and O–H groups in total. The third-order valence-corrected chi connectivity index (χ3v) is 10.7. The molecule has 4 heteroatoms. The van der Waals surface area contributed by atoms with Gasteiger partial charge in [0.2, 0.25) is 0 Å². The molecule has 0 saturated heterocycles. The van der Waals surface area contributed by atoms with E-state index in [-0.39, 0.29) is 23.6 Å². The van der Waals surface area contributed by atoms with Crippen LogP contribution in [0.25, 0.3) is 0 Å². The van der Waals surface area contributed by atoms with Crippen LogP contribution in [-0.4, -0.2) is 23.4 Å². The summed E-state index contributed by atoms with van der Waals surface area (Å²) in [7, 11) is 0. The van der Waals surface area contributed by atoms with Crippen molar-refractivity contribution in [1.82, 2.24) is 0 Å². The fraction of sp³-hybridized carbons (Fsp3) is 0.897. The van der Waals surface area contributed by atoms with E-state index in [1.807, 2.05) is 0 Å². The lowest BCUT2D eigenvalue weighted by atomic mass is 9.46. The lowest BCUT2D eigenvalue weighted by Gasteiger charge is -2.59. The highest BCUT2D eigenvalue weighted by atomic mass is 17.1. The summed E-state index contributed by atoms with van der Waals surface area (Å²) >= 11 is 0. The molecule has 0 aromatic heterocycles. The Kier molecular flexibility index (Phi) is 7.37. The molecule has 4 aliphatic rings. The van der Waals surface area contributed by atoms with Crippen LogP contribution < -0.4 is 0 Å². The molecule has 33 heavy (non-hydrogen) atoms. The molecule has 0 aliphatic heterocycles. The number of esters is 1. The number of hydrogen-bond donors (Lipinski definition) is 1. The second kappa shape index (κ2) is 9.64. The topological polar surface area (TPSA) is 55.8 Å². The van der Waals surface area contributed by atoms with E-state index < -0.39 is 0 Å². The van der Waals surface area contributed by atoms with Crippen LogP contribution in [0.1, 0.15) is 106 Å². The van der Waals surface area contributed by atoms with Gasteiger partial charge >= 0.3 is 5.97 Å². The van der Waals surface area contributed by atoms with Crippen molar-refractivity contribution in [3.05, 3.63) is 11.6 Å². The van der Waals surface area contributed by atoms with Crippen molar-refractivity contribution in [2.24, 2.45) is 46.3 Å². The standard InChI is InChI=1S/C29H48O4/c1-18(2)8-7-9-19(3)23-10-11-24-27-25(13-15-29(23,24)6)28(5)14-12-22(32-20(4)30)16-21(28)17-26(27)33-31/h17-19,22-27,31H,7-16H2,1-6H3/t19-,22+,23-,24+,25+,26-,27+,28+,29-/m1/s1. The first kappa shape index (κ1) is 25.2. The first-order valence-electron chi connectivity index (χ1n) is 13.8. The zero-order valence-corrected chi connectivity index (χ0v) is 21.9. The first-order valence-corrected chi connectivity index (χ1v) is 13.8. The minimum Gasteiger partial charge on any atom is -0.462 e. The maximum absolute atomic E-state index is 11.5. The van der Waals surface area contributed by atoms with Gasteiger partial charge in [0.25, 0.3) is 0 Å². The molecule has 0 radical (unpaired) electrons. The molecule has 0 bridgehead atoms. The van der Waals surface area contributed by atoms with Gasteiger partial charge in [0, 0.05) is 13.3 Å². The molecule has 3 fully saturated rings. The van der Waals surface area contributed by atoms with E-state index in [9.17, 15) is 10.1 Å². The zero-order chi connectivity index (χ0) is 24.0. The minimum absolute atomic E-state index is 0.0332. The van der Waals surface area contributed by atoms with Gasteiger partial charge in [-0.2, -0.15) is 0 Å². The largest absolute Gasteiger partial charge is 0.462 e. The number of carbonyl (C=O) groups is 1. The lowest BCUT2D eigenvalue weighted by Crippen LogP contribution is -2.55. The highest BCUT2D eigenvalue weighted by Crippen LogP contribution is 2.67. The van der Waals surface area contributed by atoms with Gasteiger partial charge in [0.1, 0.15) is 12.2 Å². The molecule has 0 aromatic carbocycles. The molecule has 0 heterocycles. The van der Waals surface area contributed by atoms with Crippen LogP contribution >= 0.6 is 0 Å². The molecule has 9 atom stereocenters. The molecule has 4 aliphatic carbocycles. The monoisotopic (exact) mass is 460 g/mol. The van der Waals surface area contributed by atoms with E-state index in [2.05, 4.69) is 40.7 Å². The Bertz CT molecular complexity index is 744. The number of ether oxygens (including phenoxy) is 1. The van der Waals surface area contributed by atoms with Gasteiger partial charge in [-0.15, -0.1) is 0 Å². The molecular weight excluding hydrogens is 412 g/mol. The average Bonchev–Trinajstić information content (AvgIpc) is 3.10. The number of rotatable bonds is 7. The Hall–Kier alpha value is -0.870. The van der Waals surface area contributed by atoms with Gasteiger partial charge in [0.05, 0.1) is 0 Å². The van der Waals surface area contributed by atoms with E-state index in [4.69, 9.17) is 9.62 Å². The maximum atomic E-state index is 11.5. The fourth-order valence-electron chi connectivity index (χ4n) is 9.05. The number of hydrogen-bond acceptors (Lipinski definition) is 4. The van der Waals surface area contributed by atoms with Crippen molar-refractivity contribution >= 4 is 5.97 Å². The summed E-state index contributed by atoms with van der Waals surface area (Å²) in [5.74, 6) is 3.71. The summed E-state index contributed by atoms with van der Waals surface area (Å²) in [6, 6.07) is 0. The summed E-state index contributed by atoms with van der Waals surface area (Å²) in [6.45, 7) is 13.7. The summed E-state index contributed by atoms with van der Waals surface area (Å²) in [5, 5.41) is 10.0. The highest BCUT2D eigenvalue weighted by molar-refractivity contribution is 5.66. The molecule has 0 amide bonds. The van der Waals surface area contributed by atoms with E-state index in [0.717, 1.165) is 37.0 Å². The SMILES string of the molecule is CC(=O)O[C@H]1CC[C@@]2(C)C(=C[C@@H](OO)[C@H]3[C@@H]4CC[C@H]([C@H](C)CCCC(C)C)[C@@]4(C)CC[C@@H]32)C1. The van der Waals surface area contributed by atoms with Gasteiger partial charge in [-0.05, 0) is 84.9 Å². The molecule has 4 nitrogen and oxygen atoms in total. The Labute approximate surface area is 201 Å². The van der Waals surface area contributed by atoms with Crippen LogP contribution in [0, 0.1) is 46.3 Å². The van der Waals surface area contributed by atoms with E-state index in [0.29, 0.717) is 23.2 Å². The van der Waals surface area contributed by atoms with Gasteiger partial charge in [-0.3, -0.25) is 10.1 Å². The molecule has 188 valence electrons. The summed E-state index contributed by atoms with van der Waals surface area (Å²) in [4.78, 5) is 16.8. The second-order valence-electron chi connectivity index (χ2n) is 13.0. The molecule has 0 spiro atoms. The van der Waals surface area contributed by atoms with Crippen LogP contribution in [0.15, 0.2) is 11.6 Å². The smallest absolute Gasteiger partial charge is 0.302 e. The highest BCUT2D eigenvalue weighted by Gasteiger charge is 2.61. The van der Waals surface area contributed by atoms with Crippen molar-refractivity contribution in [3.8, 4) is 0 Å². The molecule has 4 rings (SSSR count). The molecule has 3 saturated carbocycles. The predicted molar refractivity (Wildman–Crippen MR) is 131 cm³/mol. The Morgan fingerprint density at radius 1 is 1.09 bits per heavy atom. The van der Waals surface area contributed by atoms with E-state index >= 15 is 0 Å². The first-order chi connectivity index (χ1) is 15.6. The quantitative estimate of drug-likeness (QED) is 0.186. The maximum Gasteiger partial charge on any atom is 0.302 e. The lowest BCUT2D eigenvalue weighted by molar-refractivity contribution is -0.296. The van der Waals surface area contributed by atoms with Crippen LogP contribution in [0.2, 0.25) is 0 Å². The van der Waals surface area contributed by atoms with Gasteiger partial charge in [-0.25, -0.2) is 4.89 Å². The van der Waals surface area contributed by atoms with Crippen molar-refractivity contribution in [2.45, 2.75) is 118 Å². The Morgan fingerprint density at radius 2 is 1.85 bits per heavy atom. The van der Waals surface area contributed by atoms with Crippen molar-refractivity contribution in [3.63, 3.8) is 0 Å². The van der Waals surface area contributed by atoms with Crippen molar-refractivity contribution in [2.75, 3.05) is 0 Å². The average molecular weight is 461 g/mol. The van der Waals surface area contributed by atoms with Crippen LogP contribution in [0.4, 0.5) is 0 Å². The third kappa shape index (κ3) is 4.56.